The van der Waals surface area contributed by atoms with Crippen LogP contribution in [-0.4, -0.2) is 13.1 Å². The zero-order valence-electron chi connectivity index (χ0n) is 20.3. The van der Waals surface area contributed by atoms with E-state index in [1.165, 1.54) is 0 Å². The minimum Gasteiger partial charge on any atom is -0.497 e. The lowest BCUT2D eigenvalue weighted by molar-refractivity contribution is 0.0702. The predicted octanol–water partition coefficient (Wildman–Crippen LogP) is 5.80. The van der Waals surface area contributed by atoms with E-state index in [1.807, 2.05) is 57.2 Å². The van der Waals surface area contributed by atoms with Gasteiger partial charge in [0.1, 0.15) is 34.5 Å². The Morgan fingerprint density at radius 2 is 1.81 bits per heavy atom. The lowest BCUT2D eigenvalue weighted by Gasteiger charge is -2.27. The quantitative estimate of drug-likeness (QED) is 0.290. The number of allylic oxidation sites excluding steroid dienone is 1. The zero-order valence-corrected chi connectivity index (χ0v) is 20.3. The number of rotatable bonds is 4. The average molecular weight is 481 g/mol. The van der Waals surface area contributed by atoms with Crippen molar-refractivity contribution in [1.29, 1.82) is 5.26 Å². The molecule has 0 radical (unpaired) electrons. The molecule has 1 atom stereocenters. The summed E-state index contributed by atoms with van der Waals surface area (Å²) in [6, 6.07) is 18.5. The normalized spacial score (nSPS) is 14.7. The van der Waals surface area contributed by atoms with E-state index in [9.17, 15) is 10.1 Å². The van der Waals surface area contributed by atoms with Crippen molar-refractivity contribution in [3.8, 4) is 23.3 Å². The molecule has 0 aliphatic carbocycles. The second-order valence-electron chi connectivity index (χ2n) is 8.78. The third-order valence-electron chi connectivity index (χ3n) is 6.57. The molecule has 0 amide bonds. The highest BCUT2D eigenvalue weighted by Crippen LogP contribution is 2.44. The SMILES string of the molecule is COc1cccc(C2C(C#N)=C(N)Oc3cc(OC(=O)c4oc5cc(C)c(C)cc5c4C)ccc32)c1. The number of nitrogens with zero attached hydrogens (tertiary/aromatic N) is 1. The number of hydrogen-bond donors (Lipinski definition) is 1. The molecule has 7 heteroatoms. The van der Waals surface area contributed by atoms with Crippen molar-refractivity contribution in [3.63, 3.8) is 0 Å². The van der Waals surface area contributed by atoms with Crippen LogP contribution in [0.25, 0.3) is 11.0 Å². The number of benzene rings is 3. The van der Waals surface area contributed by atoms with Crippen molar-refractivity contribution in [2.45, 2.75) is 26.7 Å². The number of furan rings is 1. The fourth-order valence-electron chi connectivity index (χ4n) is 4.49. The molecular weight excluding hydrogens is 456 g/mol. The van der Waals surface area contributed by atoms with Gasteiger partial charge in [-0.15, -0.1) is 0 Å². The lowest BCUT2D eigenvalue weighted by Crippen LogP contribution is -2.21. The van der Waals surface area contributed by atoms with Crippen molar-refractivity contribution >= 4 is 16.9 Å². The molecule has 180 valence electrons. The van der Waals surface area contributed by atoms with E-state index in [0.29, 0.717) is 22.7 Å². The molecule has 1 aliphatic rings. The molecule has 1 aromatic heterocycles. The van der Waals surface area contributed by atoms with Crippen LogP contribution in [0, 0.1) is 32.1 Å². The van der Waals surface area contributed by atoms with Crippen molar-refractivity contribution in [2.75, 3.05) is 7.11 Å². The maximum absolute atomic E-state index is 13.0. The van der Waals surface area contributed by atoms with E-state index in [4.69, 9.17) is 24.4 Å². The van der Waals surface area contributed by atoms with Gasteiger partial charge >= 0.3 is 5.97 Å². The van der Waals surface area contributed by atoms with Crippen LogP contribution in [0.3, 0.4) is 0 Å². The Morgan fingerprint density at radius 3 is 2.56 bits per heavy atom. The van der Waals surface area contributed by atoms with Crippen LogP contribution >= 0.6 is 0 Å². The third-order valence-corrected chi connectivity index (χ3v) is 6.57. The molecule has 2 heterocycles. The van der Waals surface area contributed by atoms with Crippen molar-refractivity contribution in [1.82, 2.24) is 0 Å². The van der Waals surface area contributed by atoms with Gasteiger partial charge in [-0.05, 0) is 67.8 Å². The highest BCUT2D eigenvalue weighted by Gasteiger charge is 2.31. The summed E-state index contributed by atoms with van der Waals surface area (Å²) in [6.07, 6.45) is 0. The highest BCUT2D eigenvalue weighted by molar-refractivity contribution is 5.97. The second-order valence-corrected chi connectivity index (χ2v) is 8.78. The summed E-state index contributed by atoms with van der Waals surface area (Å²) in [6.45, 7) is 5.85. The molecule has 7 nitrogen and oxygen atoms in total. The van der Waals surface area contributed by atoms with Crippen molar-refractivity contribution in [3.05, 3.63) is 99.6 Å². The summed E-state index contributed by atoms with van der Waals surface area (Å²) < 4.78 is 22.6. The summed E-state index contributed by atoms with van der Waals surface area (Å²) in [4.78, 5) is 13.0. The number of aryl methyl sites for hydroxylation is 3. The number of ether oxygens (including phenoxy) is 3. The Balaban J connectivity index is 1.49. The smallest absolute Gasteiger partial charge is 0.379 e. The monoisotopic (exact) mass is 480 g/mol. The fourth-order valence-corrected chi connectivity index (χ4v) is 4.49. The summed E-state index contributed by atoms with van der Waals surface area (Å²) in [5.74, 6) is 0.409. The number of nitrogens with two attached hydrogens (primary N) is 1. The molecule has 0 spiro atoms. The summed E-state index contributed by atoms with van der Waals surface area (Å²) in [5, 5.41) is 10.7. The van der Waals surface area contributed by atoms with Gasteiger partial charge in [0.2, 0.25) is 11.6 Å². The molecule has 0 saturated heterocycles. The number of methoxy groups -OCH3 is 1. The first-order valence-electron chi connectivity index (χ1n) is 11.4. The minimum absolute atomic E-state index is 0.000152. The van der Waals surface area contributed by atoms with E-state index >= 15 is 0 Å². The van der Waals surface area contributed by atoms with Crippen LogP contribution in [0.1, 0.15) is 44.3 Å². The first kappa shape index (κ1) is 23.1. The van der Waals surface area contributed by atoms with Gasteiger partial charge in [-0.25, -0.2) is 4.79 Å². The third kappa shape index (κ3) is 3.83. The zero-order chi connectivity index (χ0) is 25.6. The van der Waals surface area contributed by atoms with Gasteiger partial charge in [0.25, 0.3) is 0 Å². The molecule has 5 rings (SSSR count). The molecule has 36 heavy (non-hydrogen) atoms. The molecular formula is C29H24N2O5. The van der Waals surface area contributed by atoms with Gasteiger partial charge in [-0.1, -0.05) is 18.2 Å². The largest absolute Gasteiger partial charge is 0.497 e. The van der Waals surface area contributed by atoms with Gasteiger partial charge in [0, 0.05) is 22.6 Å². The Hall–Kier alpha value is -4.70. The van der Waals surface area contributed by atoms with Crippen LogP contribution in [0.5, 0.6) is 17.2 Å². The molecule has 0 fully saturated rings. The van der Waals surface area contributed by atoms with Gasteiger partial charge in [0.05, 0.1) is 13.0 Å². The Bertz CT molecular complexity index is 1610. The number of hydrogen-bond acceptors (Lipinski definition) is 7. The van der Waals surface area contributed by atoms with Crippen LogP contribution in [-0.2, 0) is 0 Å². The summed E-state index contributed by atoms with van der Waals surface area (Å²) in [5.41, 5.74) is 11.5. The van der Waals surface area contributed by atoms with Crippen LogP contribution in [0.2, 0.25) is 0 Å². The number of carbonyl (C=O) groups is 1. The van der Waals surface area contributed by atoms with E-state index in [2.05, 4.69) is 6.07 Å². The molecule has 4 aromatic rings. The summed E-state index contributed by atoms with van der Waals surface area (Å²) >= 11 is 0. The van der Waals surface area contributed by atoms with Crippen LogP contribution < -0.4 is 19.9 Å². The molecule has 3 aromatic carbocycles. The summed E-state index contributed by atoms with van der Waals surface area (Å²) in [7, 11) is 1.58. The van der Waals surface area contributed by atoms with Crippen molar-refractivity contribution in [2.24, 2.45) is 5.73 Å². The second kappa shape index (κ2) is 8.82. The van der Waals surface area contributed by atoms with Crippen LogP contribution in [0.4, 0.5) is 0 Å². The van der Waals surface area contributed by atoms with E-state index in [1.54, 1.807) is 25.3 Å². The van der Waals surface area contributed by atoms with Crippen molar-refractivity contribution < 1.29 is 23.4 Å². The van der Waals surface area contributed by atoms with Gasteiger partial charge in [-0.2, -0.15) is 5.26 Å². The highest BCUT2D eigenvalue weighted by atomic mass is 16.5. The fraction of sp³-hybridized carbons (Fsp3) is 0.172. The Labute approximate surface area is 208 Å². The van der Waals surface area contributed by atoms with Gasteiger partial charge in [0.15, 0.2) is 0 Å². The van der Waals surface area contributed by atoms with Crippen LogP contribution in [0.15, 0.2) is 70.5 Å². The topological polar surface area (TPSA) is 108 Å². The number of carbonyl (C=O) groups excluding carboxylic acids is 1. The predicted molar refractivity (Wildman–Crippen MR) is 134 cm³/mol. The lowest BCUT2D eigenvalue weighted by atomic mass is 9.83. The first-order valence-corrected chi connectivity index (χ1v) is 11.4. The molecule has 1 unspecified atom stereocenters. The average Bonchev–Trinajstić information content (AvgIpc) is 3.18. The maximum Gasteiger partial charge on any atom is 0.379 e. The maximum atomic E-state index is 13.0. The van der Waals surface area contributed by atoms with E-state index < -0.39 is 11.9 Å². The van der Waals surface area contributed by atoms with E-state index in [-0.39, 0.29) is 17.4 Å². The van der Waals surface area contributed by atoms with Gasteiger partial charge < -0.3 is 24.4 Å². The Morgan fingerprint density at radius 1 is 1.03 bits per heavy atom. The number of nitriles is 1. The number of fused-ring (bicyclic) bond motifs is 2. The molecule has 0 saturated carbocycles. The molecule has 0 bridgehead atoms. The van der Waals surface area contributed by atoms with E-state index in [0.717, 1.165) is 33.2 Å². The van der Waals surface area contributed by atoms with Gasteiger partial charge in [-0.3, -0.25) is 0 Å². The number of esters is 1. The Kier molecular flexibility index (Phi) is 5.65. The minimum atomic E-state index is -0.611. The standard InChI is InChI=1S/C29H24N2O5/c1-15-10-22-17(3)27(35-24(22)11-16(15)2)29(32)34-20-8-9-21-25(13-20)36-28(31)23(14-30)26(21)18-6-5-7-19(12-18)33-4/h5-13,26H,31H2,1-4H3. The molecule has 1 aliphatic heterocycles. The first-order chi connectivity index (χ1) is 17.3. The molecule has 2 N–H and O–H groups in total.